The van der Waals surface area contributed by atoms with Crippen molar-refractivity contribution in [2.75, 3.05) is 13.1 Å². The summed E-state index contributed by atoms with van der Waals surface area (Å²) in [7, 11) is 0. The fourth-order valence-corrected chi connectivity index (χ4v) is 3.55. The molecule has 140 valence electrons. The molecule has 0 saturated carbocycles. The van der Waals surface area contributed by atoms with Gasteiger partial charge in [0.2, 0.25) is 0 Å². The molecule has 1 saturated heterocycles. The average molecular weight is 371 g/mol. The van der Waals surface area contributed by atoms with E-state index >= 15 is 0 Å². The Morgan fingerprint density at radius 3 is 2.75 bits per heavy atom. The zero-order valence-corrected chi connectivity index (χ0v) is 15.8. The Bertz CT molecular complexity index is 1100. The molecule has 0 N–H and O–H groups in total. The van der Waals surface area contributed by atoms with Crippen LogP contribution in [0.2, 0.25) is 0 Å². The zero-order valence-electron chi connectivity index (χ0n) is 15.8. The molecule has 1 amide bonds. The van der Waals surface area contributed by atoms with E-state index in [1.54, 1.807) is 4.40 Å². The number of hydrogen-bond acceptors (Lipinski definition) is 4. The van der Waals surface area contributed by atoms with Gasteiger partial charge in [0.05, 0.1) is 17.5 Å². The van der Waals surface area contributed by atoms with Gasteiger partial charge in [-0.1, -0.05) is 6.07 Å². The maximum Gasteiger partial charge on any atom is 0.254 e. The van der Waals surface area contributed by atoms with E-state index in [0.717, 1.165) is 49.3 Å². The Labute approximate surface area is 163 Å². The van der Waals surface area contributed by atoms with E-state index in [-0.39, 0.29) is 5.91 Å². The van der Waals surface area contributed by atoms with E-state index < -0.39 is 0 Å². The fraction of sp³-hybridized carbons (Fsp3) is 0.273. The molecule has 0 atom stereocenters. The minimum Gasteiger partial charge on any atom is -0.339 e. The summed E-state index contributed by atoms with van der Waals surface area (Å²) in [6.07, 6.45) is 8.41. The van der Waals surface area contributed by atoms with Crippen LogP contribution in [0.4, 0.5) is 0 Å². The topological polar surface area (TPSA) is 74.3 Å². The number of amides is 1. The van der Waals surface area contributed by atoms with Gasteiger partial charge in [-0.3, -0.25) is 14.2 Å². The molecule has 4 heterocycles. The lowest BCUT2D eigenvalue weighted by atomic mass is 10.0. The first-order valence-corrected chi connectivity index (χ1v) is 9.48. The van der Waals surface area contributed by atoms with E-state index in [4.69, 9.17) is 0 Å². The van der Waals surface area contributed by atoms with Crippen LogP contribution < -0.4 is 0 Å². The van der Waals surface area contributed by atoms with Crippen molar-refractivity contribution < 1.29 is 4.79 Å². The summed E-state index contributed by atoms with van der Waals surface area (Å²) in [5.74, 6) is 0.000907. The van der Waals surface area contributed by atoms with Gasteiger partial charge in [0.1, 0.15) is 17.4 Å². The van der Waals surface area contributed by atoms with Crippen molar-refractivity contribution in [2.24, 2.45) is 0 Å². The van der Waals surface area contributed by atoms with Gasteiger partial charge in [-0.05, 0) is 56.5 Å². The second kappa shape index (κ2) is 7.65. The second-order valence-electron chi connectivity index (χ2n) is 7.02. The van der Waals surface area contributed by atoms with Crippen LogP contribution in [0.3, 0.4) is 0 Å². The van der Waals surface area contributed by atoms with Gasteiger partial charge in [-0.25, -0.2) is 4.98 Å². The van der Waals surface area contributed by atoms with E-state index in [2.05, 4.69) is 16.0 Å². The van der Waals surface area contributed by atoms with Crippen molar-refractivity contribution in [1.82, 2.24) is 19.3 Å². The van der Waals surface area contributed by atoms with Crippen LogP contribution in [-0.4, -0.2) is 38.3 Å². The minimum absolute atomic E-state index is 0.000907. The molecule has 0 spiro atoms. The molecule has 3 aromatic rings. The SMILES string of the molecule is Cc1cccc(/C=C(/C(=O)N2CCCCC2)c2ccc3ncc(C#N)n3c2)n1. The van der Waals surface area contributed by atoms with E-state index in [0.29, 0.717) is 16.9 Å². The summed E-state index contributed by atoms with van der Waals surface area (Å²) in [4.78, 5) is 24.0. The molecule has 1 aliphatic heterocycles. The molecule has 3 aromatic heterocycles. The molecule has 1 fully saturated rings. The Hall–Kier alpha value is -3.46. The third-order valence-electron chi connectivity index (χ3n) is 5.01. The molecule has 6 nitrogen and oxygen atoms in total. The molecule has 0 aliphatic carbocycles. The number of fused-ring (bicyclic) bond motifs is 1. The zero-order chi connectivity index (χ0) is 19.5. The molecular weight excluding hydrogens is 350 g/mol. The van der Waals surface area contributed by atoms with Crippen molar-refractivity contribution in [2.45, 2.75) is 26.2 Å². The predicted molar refractivity (Wildman–Crippen MR) is 107 cm³/mol. The minimum atomic E-state index is 0.000907. The first-order chi connectivity index (χ1) is 13.7. The van der Waals surface area contributed by atoms with Crippen LogP contribution in [0.1, 0.15) is 41.9 Å². The lowest BCUT2D eigenvalue weighted by Crippen LogP contribution is -2.36. The number of nitrogens with zero attached hydrogens (tertiary/aromatic N) is 5. The van der Waals surface area contributed by atoms with Crippen molar-refractivity contribution in [3.05, 3.63) is 65.4 Å². The lowest BCUT2D eigenvalue weighted by Gasteiger charge is -2.27. The van der Waals surface area contributed by atoms with E-state index in [1.165, 1.54) is 6.20 Å². The van der Waals surface area contributed by atoms with Crippen LogP contribution in [0, 0.1) is 18.3 Å². The summed E-state index contributed by atoms with van der Waals surface area (Å²) in [6, 6.07) is 11.6. The summed E-state index contributed by atoms with van der Waals surface area (Å²) in [5, 5.41) is 9.32. The number of aryl methyl sites for hydroxylation is 1. The Morgan fingerprint density at radius 2 is 2.00 bits per heavy atom. The highest BCUT2D eigenvalue weighted by molar-refractivity contribution is 6.24. The third kappa shape index (κ3) is 3.52. The monoisotopic (exact) mass is 371 g/mol. The van der Waals surface area contributed by atoms with Gasteiger partial charge < -0.3 is 4.90 Å². The number of aromatic nitrogens is 3. The van der Waals surface area contributed by atoms with Crippen LogP contribution in [0.15, 0.2) is 42.7 Å². The van der Waals surface area contributed by atoms with Gasteiger partial charge in [0.15, 0.2) is 0 Å². The first-order valence-electron chi connectivity index (χ1n) is 9.48. The number of pyridine rings is 2. The summed E-state index contributed by atoms with van der Waals surface area (Å²) < 4.78 is 1.72. The Balaban J connectivity index is 1.82. The molecule has 0 bridgehead atoms. The summed E-state index contributed by atoms with van der Waals surface area (Å²) in [5.41, 5.74) is 4.09. The van der Waals surface area contributed by atoms with Crippen molar-refractivity contribution in [1.29, 1.82) is 5.26 Å². The van der Waals surface area contributed by atoms with Crippen molar-refractivity contribution in [3.63, 3.8) is 0 Å². The van der Waals surface area contributed by atoms with E-state index in [9.17, 15) is 10.1 Å². The lowest BCUT2D eigenvalue weighted by molar-refractivity contribution is -0.125. The smallest absolute Gasteiger partial charge is 0.254 e. The number of likely N-dealkylation sites (tertiary alicyclic amines) is 1. The number of carbonyl (C=O) groups excluding carboxylic acids is 1. The number of hydrogen-bond donors (Lipinski definition) is 0. The van der Waals surface area contributed by atoms with Gasteiger partial charge in [-0.15, -0.1) is 0 Å². The van der Waals surface area contributed by atoms with Gasteiger partial charge in [0, 0.05) is 30.5 Å². The van der Waals surface area contributed by atoms with Crippen LogP contribution in [-0.2, 0) is 4.79 Å². The number of carbonyl (C=O) groups is 1. The normalized spacial score (nSPS) is 14.9. The quantitative estimate of drug-likeness (QED) is 0.661. The molecular formula is C22H21N5O. The van der Waals surface area contributed by atoms with Crippen LogP contribution in [0.25, 0.3) is 17.3 Å². The molecule has 0 unspecified atom stereocenters. The van der Waals surface area contributed by atoms with Gasteiger partial charge >= 0.3 is 0 Å². The van der Waals surface area contributed by atoms with Crippen LogP contribution in [0.5, 0.6) is 0 Å². The number of piperidine rings is 1. The highest BCUT2D eigenvalue weighted by atomic mass is 16.2. The maximum atomic E-state index is 13.4. The largest absolute Gasteiger partial charge is 0.339 e. The second-order valence-corrected chi connectivity index (χ2v) is 7.02. The molecule has 28 heavy (non-hydrogen) atoms. The maximum absolute atomic E-state index is 13.4. The molecule has 6 heteroatoms. The van der Waals surface area contributed by atoms with Gasteiger partial charge in [-0.2, -0.15) is 5.26 Å². The number of rotatable bonds is 3. The number of imidazole rings is 1. The standard InChI is InChI=1S/C22H21N5O/c1-16-6-5-7-18(25-16)12-20(22(28)26-10-3-2-4-11-26)17-8-9-21-24-14-19(13-23)27(21)15-17/h5-9,12,14-15H,2-4,10-11H2,1H3/b20-12+. The molecule has 0 radical (unpaired) electrons. The summed E-state index contributed by atoms with van der Waals surface area (Å²) in [6.45, 7) is 3.47. The summed E-state index contributed by atoms with van der Waals surface area (Å²) >= 11 is 0. The molecule has 0 aromatic carbocycles. The highest BCUT2D eigenvalue weighted by Crippen LogP contribution is 2.24. The third-order valence-corrected chi connectivity index (χ3v) is 5.01. The van der Waals surface area contributed by atoms with Crippen LogP contribution >= 0.6 is 0 Å². The van der Waals surface area contributed by atoms with Crippen molar-refractivity contribution in [3.8, 4) is 6.07 Å². The molecule has 1 aliphatic rings. The Kier molecular flexibility index (Phi) is 4.90. The average Bonchev–Trinajstić information content (AvgIpc) is 3.14. The van der Waals surface area contributed by atoms with Gasteiger partial charge in [0.25, 0.3) is 5.91 Å². The Morgan fingerprint density at radius 1 is 1.18 bits per heavy atom. The first kappa shape index (κ1) is 17.9. The molecule has 4 rings (SSSR count). The predicted octanol–water partition coefficient (Wildman–Crippen LogP) is 3.46. The highest BCUT2D eigenvalue weighted by Gasteiger charge is 2.22. The van der Waals surface area contributed by atoms with Crippen molar-refractivity contribution >= 4 is 23.2 Å². The number of nitriles is 1. The fourth-order valence-electron chi connectivity index (χ4n) is 3.55. The van der Waals surface area contributed by atoms with E-state index in [1.807, 2.05) is 54.4 Å².